The minimum Gasteiger partial charge on any atom is -0.355 e. The van der Waals surface area contributed by atoms with Gasteiger partial charge < -0.3 is 4.90 Å². The Kier molecular flexibility index (Phi) is 3.88. The zero-order chi connectivity index (χ0) is 13.7. The Balaban J connectivity index is 2.16. The molecule has 0 amide bonds. The van der Waals surface area contributed by atoms with E-state index >= 15 is 0 Å². The number of pyridine rings is 1. The van der Waals surface area contributed by atoms with Crippen molar-refractivity contribution in [3.8, 4) is 6.19 Å². The molecule has 19 heavy (non-hydrogen) atoms. The van der Waals surface area contributed by atoms with Crippen molar-refractivity contribution in [1.82, 2.24) is 15.0 Å². The first-order valence-electron chi connectivity index (χ1n) is 5.76. The van der Waals surface area contributed by atoms with Gasteiger partial charge in [-0.3, -0.25) is 9.88 Å². The van der Waals surface area contributed by atoms with E-state index in [-0.39, 0.29) is 0 Å². The van der Waals surface area contributed by atoms with Crippen molar-refractivity contribution in [3.05, 3.63) is 42.5 Å². The quantitative estimate of drug-likeness (QED) is 0.607. The molecule has 0 aliphatic heterocycles. The number of anilines is 2. The average molecular weight is 254 g/mol. The lowest BCUT2D eigenvalue weighted by Crippen LogP contribution is -2.19. The van der Waals surface area contributed by atoms with Crippen LogP contribution in [0, 0.1) is 11.5 Å². The summed E-state index contributed by atoms with van der Waals surface area (Å²) in [6.07, 6.45) is 7.00. The van der Waals surface area contributed by atoms with E-state index in [1.54, 1.807) is 25.5 Å². The van der Waals surface area contributed by atoms with Crippen LogP contribution in [-0.4, -0.2) is 29.0 Å². The first kappa shape index (κ1) is 12.8. The van der Waals surface area contributed by atoms with E-state index in [2.05, 4.69) is 15.0 Å². The highest BCUT2D eigenvalue weighted by Gasteiger charge is 2.07. The van der Waals surface area contributed by atoms with Crippen LogP contribution in [-0.2, 0) is 6.54 Å². The Morgan fingerprint density at radius 3 is 2.53 bits per heavy atom. The molecule has 0 aliphatic carbocycles. The highest BCUT2D eigenvalue weighted by Crippen LogP contribution is 2.16. The van der Waals surface area contributed by atoms with E-state index in [1.165, 1.54) is 11.2 Å². The molecule has 2 heterocycles. The molecular weight excluding hydrogens is 240 g/mol. The SMILES string of the molecule is CN(C#N)c1cc(N(C)Cc2ccncc2)ncn1. The molecule has 0 radical (unpaired) electrons. The first-order chi connectivity index (χ1) is 9.20. The van der Waals surface area contributed by atoms with Gasteiger partial charge in [-0.15, -0.1) is 0 Å². The molecule has 0 N–H and O–H groups in total. The van der Waals surface area contributed by atoms with Gasteiger partial charge in [0, 0.05) is 39.1 Å². The number of hydrogen-bond donors (Lipinski definition) is 0. The second-order valence-corrected chi connectivity index (χ2v) is 4.10. The van der Waals surface area contributed by atoms with Crippen molar-refractivity contribution in [1.29, 1.82) is 5.26 Å². The third-order valence-corrected chi connectivity index (χ3v) is 2.69. The lowest BCUT2D eigenvalue weighted by atomic mass is 10.2. The van der Waals surface area contributed by atoms with Crippen LogP contribution in [0.5, 0.6) is 0 Å². The van der Waals surface area contributed by atoms with Crippen LogP contribution in [0.3, 0.4) is 0 Å². The first-order valence-corrected chi connectivity index (χ1v) is 5.76. The molecule has 6 nitrogen and oxygen atoms in total. The molecular formula is C13H14N6. The summed E-state index contributed by atoms with van der Waals surface area (Å²) in [5.41, 5.74) is 1.14. The molecule has 0 fully saturated rings. The van der Waals surface area contributed by atoms with Crippen LogP contribution in [0.1, 0.15) is 5.56 Å². The fourth-order valence-corrected chi connectivity index (χ4v) is 1.62. The fourth-order valence-electron chi connectivity index (χ4n) is 1.62. The molecule has 2 aromatic rings. The van der Waals surface area contributed by atoms with E-state index in [1.807, 2.05) is 30.3 Å². The topological polar surface area (TPSA) is 68.9 Å². The Bertz CT molecular complexity index is 577. The largest absolute Gasteiger partial charge is 0.355 e. The number of aromatic nitrogens is 3. The summed E-state index contributed by atoms with van der Waals surface area (Å²) in [7, 11) is 3.61. The molecule has 96 valence electrons. The maximum absolute atomic E-state index is 8.85. The van der Waals surface area contributed by atoms with Crippen LogP contribution < -0.4 is 9.80 Å². The smallest absolute Gasteiger partial charge is 0.185 e. The van der Waals surface area contributed by atoms with E-state index in [0.29, 0.717) is 5.82 Å². The minimum absolute atomic E-state index is 0.578. The molecule has 0 unspecified atom stereocenters. The molecule has 0 saturated carbocycles. The number of nitrogens with zero attached hydrogens (tertiary/aromatic N) is 6. The molecule has 0 saturated heterocycles. The van der Waals surface area contributed by atoms with Crippen LogP contribution in [0.2, 0.25) is 0 Å². The van der Waals surface area contributed by atoms with Crippen LogP contribution in [0.25, 0.3) is 0 Å². The third-order valence-electron chi connectivity index (χ3n) is 2.69. The van der Waals surface area contributed by atoms with Gasteiger partial charge in [0.2, 0.25) is 0 Å². The second kappa shape index (κ2) is 5.78. The average Bonchev–Trinajstić information content (AvgIpc) is 2.47. The zero-order valence-corrected chi connectivity index (χ0v) is 10.9. The Hall–Kier alpha value is -2.68. The highest BCUT2D eigenvalue weighted by atomic mass is 15.2. The van der Waals surface area contributed by atoms with Gasteiger partial charge in [-0.1, -0.05) is 0 Å². The van der Waals surface area contributed by atoms with Gasteiger partial charge in [0.1, 0.15) is 18.0 Å². The van der Waals surface area contributed by atoms with E-state index in [4.69, 9.17) is 5.26 Å². The van der Waals surface area contributed by atoms with Crippen molar-refractivity contribution < 1.29 is 0 Å². The number of rotatable bonds is 4. The maximum atomic E-state index is 8.85. The molecule has 0 aromatic carbocycles. The Morgan fingerprint density at radius 2 is 1.84 bits per heavy atom. The second-order valence-electron chi connectivity index (χ2n) is 4.10. The van der Waals surface area contributed by atoms with Crippen LogP contribution in [0.15, 0.2) is 36.9 Å². The van der Waals surface area contributed by atoms with Crippen LogP contribution in [0.4, 0.5) is 11.6 Å². The molecule has 2 rings (SSSR count). The van der Waals surface area contributed by atoms with Gasteiger partial charge in [0.05, 0.1) is 0 Å². The molecule has 0 aliphatic rings. The standard InChI is InChI=1S/C13H14N6/c1-18(8-11-3-5-15-6-4-11)12-7-13(17-10-16-12)19(2)9-14/h3-7,10H,8H2,1-2H3. The summed E-state index contributed by atoms with van der Waals surface area (Å²) in [4.78, 5) is 15.6. The molecule has 2 aromatic heterocycles. The summed E-state index contributed by atoms with van der Waals surface area (Å²) in [5, 5.41) is 8.85. The monoisotopic (exact) mass is 254 g/mol. The van der Waals surface area contributed by atoms with Crippen molar-refractivity contribution in [2.24, 2.45) is 0 Å². The molecule has 0 spiro atoms. The molecule has 0 atom stereocenters. The van der Waals surface area contributed by atoms with Crippen molar-refractivity contribution in [3.63, 3.8) is 0 Å². The lowest BCUT2D eigenvalue weighted by Gasteiger charge is -2.19. The van der Waals surface area contributed by atoms with Gasteiger partial charge in [0.25, 0.3) is 0 Å². The van der Waals surface area contributed by atoms with Crippen molar-refractivity contribution >= 4 is 11.6 Å². The number of nitriles is 1. The van der Waals surface area contributed by atoms with E-state index in [9.17, 15) is 0 Å². The normalized spacial score (nSPS) is 9.74. The zero-order valence-electron chi connectivity index (χ0n) is 10.9. The van der Waals surface area contributed by atoms with Gasteiger partial charge in [0.15, 0.2) is 6.19 Å². The Labute approximate surface area is 112 Å². The fraction of sp³-hybridized carbons (Fsp3) is 0.231. The third kappa shape index (κ3) is 3.16. The molecule has 6 heteroatoms. The highest BCUT2D eigenvalue weighted by molar-refractivity contribution is 5.51. The van der Waals surface area contributed by atoms with Crippen molar-refractivity contribution in [2.75, 3.05) is 23.9 Å². The predicted molar refractivity (Wildman–Crippen MR) is 72.4 cm³/mol. The number of hydrogen-bond acceptors (Lipinski definition) is 6. The molecule has 0 bridgehead atoms. The minimum atomic E-state index is 0.578. The van der Waals surface area contributed by atoms with Gasteiger partial charge in [-0.2, -0.15) is 5.26 Å². The maximum Gasteiger partial charge on any atom is 0.185 e. The summed E-state index contributed by atoms with van der Waals surface area (Å²) in [6.45, 7) is 0.718. The lowest BCUT2D eigenvalue weighted by molar-refractivity contribution is 0.886. The van der Waals surface area contributed by atoms with E-state index < -0.39 is 0 Å². The van der Waals surface area contributed by atoms with Crippen molar-refractivity contribution in [2.45, 2.75) is 6.54 Å². The summed E-state index contributed by atoms with van der Waals surface area (Å²) in [5.74, 6) is 1.35. The summed E-state index contributed by atoms with van der Waals surface area (Å²) in [6, 6.07) is 5.70. The van der Waals surface area contributed by atoms with Gasteiger partial charge in [-0.05, 0) is 17.7 Å². The predicted octanol–water partition coefficient (Wildman–Crippen LogP) is 1.43. The Morgan fingerprint density at radius 1 is 1.16 bits per heavy atom. The van der Waals surface area contributed by atoms with Gasteiger partial charge in [-0.25, -0.2) is 9.97 Å². The summed E-state index contributed by atoms with van der Waals surface area (Å²) >= 11 is 0. The summed E-state index contributed by atoms with van der Waals surface area (Å²) < 4.78 is 0. The van der Waals surface area contributed by atoms with Crippen LogP contribution >= 0.6 is 0 Å². The van der Waals surface area contributed by atoms with E-state index in [0.717, 1.165) is 17.9 Å². The van der Waals surface area contributed by atoms with Gasteiger partial charge >= 0.3 is 0 Å².